The van der Waals surface area contributed by atoms with Crippen LogP contribution in [0.2, 0.25) is 0 Å². The molecule has 2 amide bonds. The highest BCUT2D eigenvalue weighted by Crippen LogP contribution is 2.46. The fourth-order valence-electron chi connectivity index (χ4n) is 1.66. The molecule has 0 bridgehead atoms. The number of thioether (sulfide) groups is 1. The van der Waals surface area contributed by atoms with Crippen LogP contribution >= 0.6 is 11.8 Å². The van der Waals surface area contributed by atoms with E-state index in [1.54, 1.807) is 32.5 Å². The first kappa shape index (κ1) is 15.1. The normalized spacial score (nSPS) is 18.9. The van der Waals surface area contributed by atoms with Crippen molar-refractivity contribution < 1.29 is 14.7 Å². The number of aliphatic carboxylic acids is 1. The fraction of sp³-hybridized carbons (Fsp3) is 0.833. The average Bonchev–Trinajstić information content (AvgIpc) is 3.02. The van der Waals surface area contributed by atoms with Crippen LogP contribution in [0.25, 0.3) is 0 Å². The topological polar surface area (TPSA) is 78.4 Å². The summed E-state index contributed by atoms with van der Waals surface area (Å²) in [5.41, 5.74) is -0.514. The van der Waals surface area contributed by atoms with Gasteiger partial charge in [0.05, 0.1) is 0 Å². The molecular formula is C12H22N2O3S. The monoisotopic (exact) mass is 274 g/mol. The van der Waals surface area contributed by atoms with Gasteiger partial charge in [-0.05, 0) is 24.5 Å². The van der Waals surface area contributed by atoms with Gasteiger partial charge in [0.1, 0.15) is 6.04 Å². The van der Waals surface area contributed by atoms with Crippen LogP contribution in [0.1, 0.15) is 33.6 Å². The van der Waals surface area contributed by atoms with Crippen molar-refractivity contribution in [1.29, 1.82) is 0 Å². The Balaban J connectivity index is 2.45. The van der Waals surface area contributed by atoms with E-state index < -0.39 is 23.5 Å². The third-order valence-corrected chi connectivity index (χ3v) is 4.62. The summed E-state index contributed by atoms with van der Waals surface area (Å²) < 4.78 is 0.178. The number of carboxylic acid groups (broad SMARTS) is 1. The molecule has 0 spiro atoms. The van der Waals surface area contributed by atoms with Crippen LogP contribution in [0.15, 0.2) is 0 Å². The van der Waals surface area contributed by atoms with Gasteiger partial charge in [-0.1, -0.05) is 20.8 Å². The predicted molar refractivity (Wildman–Crippen MR) is 72.9 cm³/mol. The lowest BCUT2D eigenvalue weighted by Crippen LogP contribution is -2.53. The largest absolute Gasteiger partial charge is 0.480 e. The number of nitrogens with one attached hydrogen (secondary N) is 2. The molecule has 5 nitrogen and oxygen atoms in total. The van der Waals surface area contributed by atoms with Gasteiger partial charge < -0.3 is 15.7 Å². The van der Waals surface area contributed by atoms with Gasteiger partial charge in [0.15, 0.2) is 0 Å². The Labute approximate surface area is 112 Å². The Morgan fingerprint density at radius 3 is 2.28 bits per heavy atom. The van der Waals surface area contributed by atoms with Crippen molar-refractivity contribution in [3.05, 3.63) is 0 Å². The average molecular weight is 274 g/mol. The molecule has 6 heteroatoms. The molecule has 0 aliphatic heterocycles. The second-order valence-electron chi connectivity index (χ2n) is 5.85. The van der Waals surface area contributed by atoms with E-state index in [2.05, 4.69) is 10.6 Å². The summed E-state index contributed by atoms with van der Waals surface area (Å²) in [5, 5.41) is 14.4. The molecular weight excluding hydrogens is 252 g/mol. The molecule has 0 unspecified atom stereocenters. The molecule has 104 valence electrons. The lowest BCUT2D eigenvalue weighted by molar-refractivity contribution is -0.141. The summed E-state index contributed by atoms with van der Waals surface area (Å²) in [6.45, 7) is 5.96. The van der Waals surface area contributed by atoms with E-state index in [1.807, 2.05) is 6.26 Å². The van der Waals surface area contributed by atoms with Gasteiger partial charge in [-0.3, -0.25) is 0 Å². The standard InChI is InChI=1S/C12H22N2O3S/c1-11(2,3)8(9(15)16)14-10(17)13-7-12(18-4)5-6-12/h8H,5-7H2,1-4H3,(H,15,16)(H2,13,14,17)/t8-/m1/s1. The Bertz CT molecular complexity index is 335. The first-order valence-electron chi connectivity index (χ1n) is 6.02. The van der Waals surface area contributed by atoms with Gasteiger partial charge in [-0.15, -0.1) is 0 Å². The molecule has 3 N–H and O–H groups in total. The van der Waals surface area contributed by atoms with Crippen LogP contribution in [0.4, 0.5) is 4.79 Å². The van der Waals surface area contributed by atoms with Crippen molar-refractivity contribution in [3.63, 3.8) is 0 Å². The van der Waals surface area contributed by atoms with Crippen LogP contribution in [-0.4, -0.2) is 40.7 Å². The maximum atomic E-state index is 11.7. The Kier molecular flexibility index (Phi) is 4.53. The van der Waals surface area contributed by atoms with Gasteiger partial charge in [0.25, 0.3) is 0 Å². The minimum atomic E-state index is -1.01. The molecule has 1 fully saturated rings. The summed E-state index contributed by atoms with van der Waals surface area (Å²) in [6, 6.07) is -1.29. The lowest BCUT2D eigenvalue weighted by atomic mass is 9.87. The van der Waals surface area contributed by atoms with Crippen LogP contribution in [0.5, 0.6) is 0 Å². The number of carboxylic acids is 1. The van der Waals surface area contributed by atoms with E-state index in [-0.39, 0.29) is 4.75 Å². The highest BCUT2D eigenvalue weighted by molar-refractivity contribution is 8.00. The number of carbonyl (C=O) groups excluding carboxylic acids is 1. The summed E-state index contributed by atoms with van der Waals surface area (Å²) in [7, 11) is 0. The zero-order valence-electron chi connectivity index (χ0n) is 11.4. The van der Waals surface area contributed by atoms with E-state index in [0.29, 0.717) is 6.54 Å². The highest BCUT2D eigenvalue weighted by atomic mass is 32.2. The number of amides is 2. The van der Waals surface area contributed by atoms with Crippen molar-refractivity contribution in [3.8, 4) is 0 Å². The van der Waals surface area contributed by atoms with E-state index in [0.717, 1.165) is 12.8 Å². The molecule has 0 aromatic carbocycles. The molecule has 0 aromatic heterocycles. The van der Waals surface area contributed by atoms with Gasteiger partial charge in [0.2, 0.25) is 0 Å². The maximum Gasteiger partial charge on any atom is 0.326 e. The van der Waals surface area contributed by atoms with Crippen molar-refractivity contribution in [2.24, 2.45) is 5.41 Å². The van der Waals surface area contributed by atoms with Crippen LogP contribution < -0.4 is 10.6 Å². The zero-order chi connectivity index (χ0) is 14.0. The molecule has 0 heterocycles. The summed E-state index contributed by atoms with van der Waals surface area (Å²) in [6.07, 6.45) is 4.24. The van der Waals surface area contributed by atoms with Gasteiger partial charge in [-0.2, -0.15) is 11.8 Å². The van der Waals surface area contributed by atoms with Crippen LogP contribution in [0.3, 0.4) is 0 Å². The van der Waals surface area contributed by atoms with Gasteiger partial charge in [-0.25, -0.2) is 9.59 Å². The van der Waals surface area contributed by atoms with E-state index in [4.69, 9.17) is 5.11 Å². The third-order valence-electron chi connectivity index (χ3n) is 3.20. The smallest absolute Gasteiger partial charge is 0.326 e. The SMILES string of the molecule is CSC1(CNC(=O)N[C@H](C(=O)O)C(C)(C)C)CC1. The van der Waals surface area contributed by atoms with Gasteiger partial charge >= 0.3 is 12.0 Å². The summed E-state index contributed by atoms with van der Waals surface area (Å²) in [5.74, 6) is -1.01. The molecule has 0 aromatic rings. The Hall–Kier alpha value is -0.910. The van der Waals surface area contributed by atoms with Gasteiger partial charge in [0, 0.05) is 11.3 Å². The Morgan fingerprint density at radius 2 is 1.94 bits per heavy atom. The third kappa shape index (κ3) is 4.08. The molecule has 0 radical (unpaired) electrons. The minimum absolute atomic E-state index is 0.178. The first-order chi connectivity index (χ1) is 8.20. The first-order valence-corrected chi connectivity index (χ1v) is 7.25. The molecule has 1 rings (SSSR count). The fourth-order valence-corrected chi connectivity index (χ4v) is 2.39. The predicted octanol–water partition coefficient (Wildman–Crippen LogP) is 1.68. The van der Waals surface area contributed by atoms with Crippen LogP contribution in [-0.2, 0) is 4.79 Å². The molecule has 1 atom stereocenters. The van der Waals surface area contributed by atoms with Crippen molar-refractivity contribution in [1.82, 2.24) is 10.6 Å². The van der Waals surface area contributed by atoms with E-state index in [1.165, 1.54) is 0 Å². The quantitative estimate of drug-likeness (QED) is 0.713. The van der Waals surface area contributed by atoms with Crippen molar-refractivity contribution in [2.45, 2.75) is 44.4 Å². The summed E-state index contributed by atoms with van der Waals surface area (Å²) in [4.78, 5) is 22.8. The highest BCUT2D eigenvalue weighted by Gasteiger charge is 2.42. The maximum absolute atomic E-state index is 11.7. The van der Waals surface area contributed by atoms with E-state index >= 15 is 0 Å². The second kappa shape index (κ2) is 5.38. The minimum Gasteiger partial charge on any atom is -0.480 e. The second-order valence-corrected chi connectivity index (χ2v) is 7.13. The summed E-state index contributed by atoms with van der Waals surface area (Å²) >= 11 is 1.75. The van der Waals surface area contributed by atoms with Crippen molar-refractivity contribution in [2.75, 3.05) is 12.8 Å². The number of rotatable bonds is 5. The number of hydrogen-bond donors (Lipinski definition) is 3. The van der Waals surface area contributed by atoms with Crippen LogP contribution in [0, 0.1) is 5.41 Å². The lowest BCUT2D eigenvalue weighted by Gasteiger charge is -2.28. The van der Waals surface area contributed by atoms with Crippen molar-refractivity contribution >= 4 is 23.8 Å². The number of urea groups is 1. The zero-order valence-corrected chi connectivity index (χ0v) is 12.2. The number of carbonyl (C=O) groups is 2. The Morgan fingerprint density at radius 1 is 1.39 bits per heavy atom. The molecule has 18 heavy (non-hydrogen) atoms. The molecule has 1 aliphatic rings. The molecule has 0 saturated heterocycles. The molecule has 1 saturated carbocycles. The molecule has 1 aliphatic carbocycles. The van der Waals surface area contributed by atoms with E-state index in [9.17, 15) is 9.59 Å². The number of hydrogen-bond acceptors (Lipinski definition) is 3.